The minimum atomic E-state index is 0.347. The van der Waals surface area contributed by atoms with Gasteiger partial charge in [-0.3, -0.25) is 0 Å². The van der Waals surface area contributed by atoms with E-state index in [0.29, 0.717) is 11.2 Å². The van der Waals surface area contributed by atoms with E-state index in [4.69, 9.17) is 10.7 Å². The normalized spacial score (nSPS) is 17.7. The van der Waals surface area contributed by atoms with Gasteiger partial charge in [0.25, 0.3) is 0 Å². The van der Waals surface area contributed by atoms with Crippen LogP contribution in [0, 0.1) is 5.41 Å². The smallest absolute Gasteiger partial charge is 0.139 e. The van der Waals surface area contributed by atoms with Gasteiger partial charge in [-0.1, -0.05) is 12.1 Å². The molecular weight excluding hydrogens is 410 g/mol. The van der Waals surface area contributed by atoms with E-state index in [2.05, 4.69) is 55.1 Å². The maximum Gasteiger partial charge on any atom is 0.139 e. The van der Waals surface area contributed by atoms with Crippen molar-refractivity contribution < 1.29 is 0 Å². The molecule has 0 amide bonds. The molecule has 1 spiro atoms. The Hall–Kier alpha value is -3.74. The summed E-state index contributed by atoms with van der Waals surface area (Å²) in [6.45, 7) is 4.19. The number of aromatic nitrogens is 4. The average Bonchev–Trinajstić information content (AvgIpc) is 3.27. The van der Waals surface area contributed by atoms with Crippen LogP contribution in [0.1, 0.15) is 19.3 Å². The van der Waals surface area contributed by atoms with Gasteiger partial charge in [0.1, 0.15) is 23.8 Å². The molecule has 0 radical (unpaired) electrons. The lowest BCUT2D eigenvalue weighted by Gasteiger charge is -2.39. The predicted molar refractivity (Wildman–Crippen MR) is 132 cm³/mol. The summed E-state index contributed by atoms with van der Waals surface area (Å²) in [6, 6.07) is 16.4. The molecule has 0 saturated carbocycles. The zero-order valence-electron chi connectivity index (χ0n) is 18.6. The van der Waals surface area contributed by atoms with Gasteiger partial charge in [0, 0.05) is 44.0 Å². The molecule has 0 aliphatic carbocycles. The Balaban J connectivity index is 1.25. The summed E-state index contributed by atoms with van der Waals surface area (Å²) in [5, 5.41) is 1.09. The van der Waals surface area contributed by atoms with E-state index in [9.17, 15) is 0 Å². The highest BCUT2D eigenvalue weighted by Crippen LogP contribution is 2.43. The van der Waals surface area contributed by atoms with Crippen molar-refractivity contribution in [1.29, 1.82) is 0 Å². The summed E-state index contributed by atoms with van der Waals surface area (Å²) in [4.78, 5) is 22.8. The molecule has 0 bridgehead atoms. The van der Waals surface area contributed by atoms with E-state index in [-0.39, 0.29) is 0 Å². The number of hydrogen-bond donors (Lipinski definition) is 1. The van der Waals surface area contributed by atoms with Crippen molar-refractivity contribution in [2.24, 2.45) is 5.41 Å². The van der Waals surface area contributed by atoms with Crippen molar-refractivity contribution in [3.8, 4) is 11.1 Å². The van der Waals surface area contributed by atoms with Crippen LogP contribution >= 0.6 is 0 Å². The van der Waals surface area contributed by atoms with Crippen LogP contribution in [0.2, 0.25) is 0 Å². The molecule has 4 aromatic rings. The van der Waals surface area contributed by atoms with Gasteiger partial charge in [0.15, 0.2) is 0 Å². The fraction of sp³-hybridized carbons (Fsp3) is 0.308. The van der Waals surface area contributed by atoms with E-state index in [1.807, 2.05) is 24.4 Å². The highest BCUT2D eigenvalue weighted by atomic mass is 15.2. The van der Waals surface area contributed by atoms with Gasteiger partial charge in [-0.2, -0.15) is 0 Å². The van der Waals surface area contributed by atoms with E-state index < -0.39 is 0 Å². The number of fused-ring (bicyclic) bond motifs is 1. The minimum Gasteiger partial charge on any atom is -0.384 e. The Morgan fingerprint density at radius 2 is 1.58 bits per heavy atom. The highest BCUT2D eigenvalue weighted by Gasteiger charge is 2.41. The maximum absolute atomic E-state index is 5.91. The zero-order chi connectivity index (χ0) is 22.3. The second-order valence-electron chi connectivity index (χ2n) is 9.25. The van der Waals surface area contributed by atoms with E-state index in [1.165, 1.54) is 19.3 Å². The molecule has 2 aliphatic heterocycles. The first-order valence-electron chi connectivity index (χ1n) is 11.6. The van der Waals surface area contributed by atoms with Gasteiger partial charge in [-0.25, -0.2) is 19.9 Å². The van der Waals surface area contributed by atoms with Crippen molar-refractivity contribution >= 4 is 28.4 Å². The number of rotatable bonds is 3. The number of nitrogen functional groups attached to an aromatic ring is 1. The highest BCUT2D eigenvalue weighted by molar-refractivity contribution is 5.93. The number of pyridine rings is 2. The Morgan fingerprint density at radius 1 is 0.758 bits per heavy atom. The summed E-state index contributed by atoms with van der Waals surface area (Å²) in [5.74, 6) is 2.65. The lowest BCUT2D eigenvalue weighted by molar-refractivity contribution is 0.250. The quantitative estimate of drug-likeness (QED) is 0.515. The molecule has 1 aromatic carbocycles. The minimum absolute atomic E-state index is 0.347. The first-order valence-corrected chi connectivity index (χ1v) is 11.6. The third kappa shape index (κ3) is 3.73. The molecular formula is C26H27N7. The summed E-state index contributed by atoms with van der Waals surface area (Å²) < 4.78 is 0. The van der Waals surface area contributed by atoms with Crippen molar-refractivity contribution in [2.45, 2.75) is 19.3 Å². The first-order chi connectivity index (χ1) is 16.2. The fourth-order valence-electron chi connectivity index (χ4n) is 5.38. The van der Waals surface area contributed by atoms with Gasteiger partial charge in [-0.15, -0.1) is 0 Å². The number of nitrogens with zero attached hydrogens (tertiary/aromatic N) is 6. The molecule has 7 heteroatoms. The van der Waals surface area contributed by atoms with Crippen LogP contribution < -0.4 is 15.5 Å². The molecule has 0 unspecified atom stereocenters. The van der Waals surface area contributed by atoms with Crippen molar-refractivity contribution in [3.63, 3.8) is 0 Å². The summed E-state index contributed by atoms with van der Waals surface area (Å²) in [6.07, 6.45) is 8.89. The average molecular weight is 438 g/mol. The molecule has 7 nitrogen and oxygen atoms in total. The number of piperidine rings is 1. The third-order valence-corrected chi connectivity index (χ3v) is 7.26. The lowest BCUT2D eigenvalue weighted by Crippen LogP contribution is -2.42. The van der Waals surface area contributed by atoms with Crippen molar-refractivity contribution in [1.82, 2.24) is 19.9 Å². The predicted octanol–water partition coefficient (Wildman–Crippen LogP) is 4.17. The van der Waals surface area contributed by atoms with E-state index in [1.54, 1.807) is 12.5 Å². The zero-order valence-corrected chi connectivity index (χ0v) is 18.6. The first kappa shape index (κ1) is 19.9. The lowest BCUT2D eigenvalue weighted by atomic mass is 9.78. The fourth-order valence-corrected chi connectivity index (χ4v) is 5.38. The van der Waals surface area contributed by atoms with Crippen LogP contribution in [0.3, 0.4) is 0 Å². The molecule has 166 valence electrons. The largest absolute Gasteiger partial charge is 0.384 e. The molecule has 0 atom stereocenters. The number of benzene rings is 1. The Morgan fingerprint density at radius 3 is 2.36 bits per heavy atom. The molecule has 33 heavy (non-hydrogen) atoms. The van der Waals surface area contributed by atoms with E-state index >= 15 is 0 Å². The number of hydrogen-bond acceptors (Lipinski definition) is 7. The molecule has 2 aliphatic rings. The topological polar surface area (TPSA) is 84.1 Å². The van der Waals surface area contributed by atoms with Crippen LogP contribution in [0.5, 0.6) is 0 Å². The molecule has 6 rings (SSSR count). The summed E-state index contributed by atoms with van der Waals surface area (Å²) in [5.41, 5.74) is 9.39. The van der Waals surface area contributed by atoms with Crippen molar-refractivity contribution in [2.75, 3.05) is 41.7 Å². The maximum atomic E-state index is 5.91. The second kappa shape index (κ2) is 7.99. The van der Waals surface area contributed by atoms with Crippen LogP contribution in [0.4, 0.5) is 17.5 Å². The summed E-state index contributed by atoms with van der Waals surface area (Å²) in [7, 11) is 0. The second-order valence-corrected chi connectivity index (χ2v) is 9.25. The van der Waals surface area contributed by atoms with E-state index in [0.717, 1.165) is 59.8 Å². The number of nitrogens with two attached hydrogens (primary N) is 1. The Bertz CT molecular complexity index is 1280. The van der Waals surface area contributed by atoms with Crippen LogP contribution in [-0.2, 0) is 0 Å². The molecule has 3 aromatic heterocycles. The molecule has 2 saturated heterocycles. The van der Waals surface area contributed by atoms with Crippen LogP contribution in [0.25, 0.3) is 22.0 Å². The van der Waals surface area contributed by atoms with Gasteiger partial charge in [0.2, 0.25) is 0 Å². The Labute approximate surface area is 193 Å². The third-order valence-electron chi connectivity index (χ3n) is 7.26. The van der Waals surface area contributed by atoms with Gasteiger partial charge in [0.05, 0.1) is 5.52 Å². The standard InChI is InChI=1S/C26H27N7/c27-23-16-20(6-11-28-23)19-4-5-22-21(15-19)25(31-18-30-22)33-14-9-26(17-33)7-12-32(13-8-26)24-3-1-2-10-29-24/h1-6,10-11,15-16,18H,7-9,12-14,17H2,(H2,27,28). The molecule has 2 fully saturated rings. The van der Waals surface area contributed by atoms with Gasteiger partial charge in [-0.05, 0) is 72.2 Å². The van der Waals surface area contributed by atoms with Gasteiger partial charge < -0.3 is 15.5 Å². The van der Waals surface area contributed by atoms with Gasteiger partial charge >= 0.3 is 0 Å². The van der Waals surface area contributed by atoms with Crippen molar-refractivity contribution in [3.05, 3.63) is 67.3 Å². The summed E-state index contributed by atoms with van der Waals surface area (Å²) >= 11 is 0. The Kier molecular flexibility index (Phi) is 4.82. The molecule has 5 heterocycles. The SMILES string of the molecule is Nc1cc(-c2ccc3ncnc(N4CCC5(CCN(c6ccccn6)CC5)C4)c3c2)ccn1. The van der Waals surface area contributed by atoms with Crippen LogP contribution in [0.15, 0.2) is 67.3 Å². The monoisotopic (exact) mass is 437 g/mol. The van der Waals surface area contributed by atoms with Crippen LogP contribution in [-0.4, -0.2) is 46.1 Å². The number of anilines is 3. The molecule has 2 N–H and O–H groups in total.